The molecule has 1 aliphatic heterocycles. The number of ether oxygens (including phenoxy) is 1. The minimum Gasteiger partial charge on any atom is -0.398 e. The molecule has 1 heterocycles. The predicted octanol–water partition coefficient (Wildman–Crippen LogP) is 1.11. The Balaban J connectivity index is 2.22. The Morgan fingerprint density at radius 1 is 1.53 bits per heavy atom. The molecule has 2 unspecified atom stereocenters. The highest BCUT2D eigenvalue weighted by atomic mass is 32.2. The lowest BCUT2D eigenvalue weighted by molar-refractivity contribution is 0.180. The van der Waals surface area contributed by atoms with Gasteiger partial charge in [0.1, 0.15) is 10.7 Å². The summed E-state index contributed by atoms with van der Waals surface area (Å²) in [5.41, 5.74) is 5.46. The first-order valence-corrected chi connectivity index (χ1v) is 7.54. The number of hydrogen-bond donors (Lipinski definition) is 2. The van der Waals surface area contributed by atoms with E-state index in [1.54, 1.807) is 6.92 Å². The summed E-state index contributed by atoms with van der Waals surface area (Å²) in [6.45, 7) is 2.88. The van der Waals surface area contributed by atoms with E-state index in [0.717, 1.165) is 12.5 Å². The first-order chi connectivity index (χ1) is 8.92. The molecule has 2 rings (SSSR count). The van der Waals surface area contributed by atoms with Gasteiger partial charge in [-0.25, -0.2) is 17.5 Å². The van der Waals surface area contributed by atoms with E-state index in [2.05, 4.69) is 4.72 Å². The summed E-state index contributed by atoms with van der Waals surface area (Å²) < 4.78 is 45.7. The highest BCUT2D eigenvalue weighted by molar-refractivity contribution is 7.89. The van der Waals surface area contributed by atoms with Gasteiger partial charge >= 0.3 is 0 Å². The molecule has 1 fully saturated rings. The summed E-state index contributed by atoms with van der Waals surface area (Å²) in [6, 6.07) is 3.49. The molecule has 0 aromatic heterocycles. The van der Waals surface area contributed by atoms with Crippen molar-refractivity contribution in [3.63, 3.8) is 0 Å². The van der Waals surface area contributed by atoms with Crippen LogP contribution < -0.4 is 10.5 Å². The minimum atomic E-state index is -3.96. The maximum Gasteiger partial charge on any atom is 0.245 e. The molecule has 7 heteroatoms. The molecule has 3 N–H and O–H groups in total. The zero-order valence-corrected chi connectivity index (χ0v) is 11.4. The molecule has 5 nitrogen and oxygen atoms in total. The van der Waals surface area contributed by atoms with Crippen LogP contribution in [0.2, 0.25) is 0 Å². The van der Waals surface area contributed by atoms with Crippen LogP contribution in [0.25, 0.3) is 0 Å². The summed E-state index contributed by atoms with van der Waals surface area (Å²) >= 11 is 0. The van der Waals surface area contributed by atoms with Gasteiger partial charge in [0.15, 0.2) is 0 Å². The van der Waals surface area contributed by atoms with Gasteiger partial charge in [-0.15, -0.1) is 0 Å². The van der Waals surface area contributed by atoms with Crippen molar-refractivity contribution >= 4 is 15.7 Å². The number of nitrogen functional groups attached to an aromatic ring is 1. The van der Waals surface area contributed by atoms with Crippen LogP contribution in [0.15, 0.2) is 23.1 Å². The van der Waals surface area contributed by atoms with E-state index in [-0.39, 0.29) is 17.6 Å². The van der Waals surface area contributed by atoms with Crippen molar-refractivity contribution in [2.45, 2.75) is 24.3 Å². The Hall–Kier alpha value is -1.18. The molecule has 1 aliphatic rings. The maximum absolute atomic E-state index is 13.6. The molecule has 0 bridgehead atoms. The van der Waals surface area contributed by atoms with E-state index in [0.29, 0.717) is 13.2 Å². The zero-order valence-electron chi connectivity index (χ0n) is 10.6. The van der Waals surface area contributed by atoms with Crippen molar-refractivity contribution in [2.24, 2.45) is 5.92 Å². The van der Waals surface area contributed by atoms with Crippen molar-refractivity contribution in [3.8, 4) is 0 Å². The smallest absolute Gasteiger partial charge is 0.245 e. The standard InChI is InChI=1S/C12H17FN2O3S/c1-8(9-5-6-18-7-9)15-19(16,17)12-10(13)3-2-4-11(12)14/h2-4,8-9,15H,5-7,14H2,1H3. The van der Waals surface area contributed by atoms with Gasteiger partial charge in [0.05, 0.1) is 12.3 Å². The second-order valence-corrected chi connectivity index (χ2v) is 6.34. The van der Waals surface area contributed by atoms with E-state index >= 15 is 0 Å². The number of anilines is 1. The maximum atomic E-state index is 13.6. The number of nitrogens with two attached hydrogens (primary N) is 1. The fourth-order valence-corrected chi connectivity index (χ4v) is 3.66. The van der Waals surface area contributed by atoms with Gasteiger partial charge in [-0.1, -0.05) is 6.07 Å². The lowest BCUT2D eigenvalue weighted by Gasteiger charge is -2.20. The summed E-state index contributed by atoms with van der Waals surface area (Å²) in [6.07, 6.45) is 0.788. The SMILES string of the molecule is CC(NS(=O)(=O)c1c(N)cccc1F)C1CCOC1. The first-order valence-electron chi connectivity index (χ1n) is 6.06. The van der Waals surface area contributed by atoms with E-state index in [1.165, 1.54) is 12.1 Å². The van der Waals surface area contributed by atoms with Crippen LogP contribution in [-0.2, 0) is 14.8 Å². The molecule has 106 valence electrons. The van der Waals surface area contributed by atoms with Crippen LogP contribution in [0.1, 0.15) is 13.3 Å². The molecule has 0 spiro atoms. The summed E-state index contributed by atoms with van der Waals surface area (Å²) in [7, 11) is -3.96. The molecule has 1 aromatic carbocycles. The molecule has 1 aromatic rings. The van der Waals surface area contributed by atoms with Crippen LogP contribution in [0.5, 0.6) is 0 Å². The number of nitrogens with one attached hydrogen (secondary N) is 1. The first kappa shape index (κ1) is 14.2. The highest BCUT2D eigenvalue weighted by Crippen LogP contribution is 2.23. The predicted molar refractivity (Wildman–Crippen MR) is 69.5 cm³/mol. The lowest BCUT2D eigenvalue weighted by atomic mass is 10.0. The van der Waals surface area contributed by atoms with Crippen LogP contribution >= 0.6 is 0 Å². The molecule has 19 heavy (non-hydrogen) atoms. The van der Waals surface area contributed by atoms with Gasteiger partial charge in [-0.2, -0.15) is 0 Å². The zero-order chi connectivity index (χ0) is 14.0. The normalized spacial score (nSPS) is 21.5. The Morgan fingerprint density at radius 3 is 2.84 bits per heavy atom. The van der Waals surface area contributed by atoms with Crippen LogP contribution in [-0.4, -0.2) is 27.7 Å². The van der Waals surface area contributed by atoms with E-state index < -0.39 is 20.7 Å². The lowest BCUT2D eigenvalue weighted by Crippen LogP contribution is -2.38. The van der Waals surface area contributed by atoms with Gasteiger partial charge in [0.25, 0.3) is 0 Å². The monoisotopic (exact) mass is 288 g/mol. The quantitative estimate of drug-likeness (QED) is 0.813. The molecular formula is C12H17FN2O3S. The van der Waals surface area contributed by atoms with Crippen molar-refractivity contribution in [1.29, 1.82) is 0 Å². The molecule has 1 saturated heterocycles. The van der Waals surface area contributed by atoms with Crippen molar-refractivity contribution in [2.75, 3.05) is 18.9 Å². The number of halogens is 1. The number of sulfonamides is 1. The van der Waals surface area contributed by atoms with Gasteiger partial charge in [-0.3, -0.25) is 0 Å². The van der Waals surface area contributed by atoms with Crippen molar-refractivity contribution in [3.05, 3.63) is 24.0 Å². The average molecular weight is 288 g/mol. The summed E-state index contributed by atoms with van der Waals surface area (Å²) in [5, 5.41) is 0. The minimum absolute atomic E-state index is 0.0950. The van der Waals surface area contributed by atoms with Crippen LogP contribution in [0.3, 0.4) is 0 Å². The van der Waals surface area contributed by atoms with Crippen LogP contribution in [0, 0.1) is 11.7 Å². The third-order valence-corrected chi connectivity index (χ3v) is 4.93. The van der Waals surface area contributed by atoms with Gasteiger partial charge in [0.2, 0.25) is 10.0 Å². The second-order valence-electron chi connectivity index (χ2n) is 4.69. The molecule has 0 amide bonds. The topological polar surface area (TPSA) is 81.4 Å². The molecule has 0 radical (unpaired) electrons. The van der Waals surface area contributed by atoms with Gasteiger partial charge in [0, 0.05) is 18.6 Å². The van der Waals surface area contributed by atoms with Crippen molar-refractivity contribution < 1.29 is 17.5 Å². The Kier molecular flexibility index (Phi) is 4.07. The number of rotatable bonds is 4. The summed E-state index contributed by atoms with van der Waals surface area (Å²) in [4.78, 5) is -0.485. The molecule has 0 saturated carbocycles. The Labute approximate surface area is 112 Å². The fraction of sp³-hybridized carbons (Fsp3) is 0.500. The highest BCUT2D eigenvalue weighted by Gasteiger charge is 2.29. The van der Waals surface area contributed by atoms with Crippen LogP contribution in [0.4, 0.5) is 10.1 Å². The Bertz CT molecular complexity index is 536. The van der Waals surface area contributed by atoms with E-state index in [4.69, 9.17) is 10.5 Å². The van der Waals surface area contributed by atoms with E-state index in [9.17, 15) is 12.8 Å². The fourth-order valence-electron chi connectivity index (χ4n) is 2.16. The summed E-state index contributed by atoms with van der Waals surface area (Å²) in [5.74, 6) is -0.745. The van der Waals surface area contributed by atoms with E-state index in [1.807, 2.05) is 0 Å². The average Bonchev–Trinajstić information content (AvgIpc) is 2.80. The third kappa shape index (κ3) is 3.05. The largest absolute Gasteiger partial charge is 0.398 e. The Morgan fingerprint density at radius 2 is 2.26 bits per heavy atom. The second kappa shape index (κ2) is 5.44. The third-order valence-electron chi connectivity index (χ3n) is 3.28. The van der Waals surface area contributed by atoms with Gasteiger partial charge in [-0.05, 0) is 25.5 Å². The molecule has 0 aliphatic carbocycles. The molecular weight excluding hydrogens is 271 g/mol. The number of benzene rings is 1. The number of hydrogen-bond acceptors (Lipinski definition) is 4. The van der Waals surface area contributed by atoms with Crippen molar-refractivity contribution in [1.82, 2.24) is 4.72 Å². The molecule has 2 atom stereocenters. The van der Waals surface area contributed by atoms with Gasteiger partial charge < -0.3 is 10.5 Å².